The van der Waals surface area contributed by atoms with Gasteiger partial charge in [0, 0.05) is 12.7 Å². The monoisotopic (exact) mass is 218 g/mol. The average Bonchev–Trinajstić information content (AvgIpc) is 2.82. The highest BCUT2D eigenvalue weighted by Gasteiger charge is 2.14. The van der Waals surface area contributed by atoms with Crippen LogP contribution in [0.5, 0.6) is 0 Å². The van der Waals surface area contributed by atoms with Crippen LogP contribution in [0.3, 0.4) is 0 Å². The van der Waals surface area contributed by atoms with E-state index in [4.69, 9.17) is 4.74 Å². The lowest BCUT2D eigenvalue weighted by Crippen LogP contribution is -2.19. The first kappa shape index (κ1) is 10.2. The zero-order valence-corrected chi connectivity index (χ0v) is 9.61. The molecule has 0 aromatic carbocycles. The van der Waals surface area contributed by atoms with E-state index in [0.717, 1.165) is 25.3 Å². The Balaban J connectivity index is 1.74. The third-order valence-corrected chi connectivity index (χ3v) is 3.48. The number of aromatic nitrogens is 1. The zero-order chi connectivity index (χ0) is 10.8. The Bertz CT molecular complexity index is 372. The lowest BCUT2D eigenvalue weighted by Gasteiger charge is -2.18. The number of likely N-dealkylation sites (tertiary alicyclic amines) is 1. The summed E-state index contributed by atoms with van der Waals surface area (Å²) < 4.78 is 5.40. The average molecular weight is 218 g/mol. The summed E-state index contributed by atoms with van der Waals surface area (Å²) in [6.45, 7) is 5.11. The summed E-state index contributed by atoms with van der Waals surface area (Å²) in [6, 6.07) is 2.32. The molecule has 0 aliphatic carbocycles. The molecule has 3 rings (SSSR count). The molecule has 1 aromatic rings. The van der Waals surface area contributed by atoms with Gasteiger partial charge < -0.3 is 4.74 Å². The van der Waals surface area contributed by atoms with E-state index in [9.17, 15) is 0 Å². The van der Waals surface area contributed by atoms with Crippen LogP contribution in [-0.2, 0) is 24.3 Å². The largest absolute Gasteiger partial charge is 0.375 e. The van der Waals surface area contributed by atoms with Crippen LogP contribution in [0.15, 0.2) is 12.3 Å². The summed E-state index contributed by atoms with van der Waals surface area (Å²) in [7, 11) is 0. The number of rotatable bonds is 2. The molecule has 16 heavy (non-hydrogen) atoms. The van der Waals surface area contributed by atoms with E-state index in [-0.39, 0.29) is 0 Å². The van der Waals surface area contributed by atoms with E-state index in [1.807, 2.05) is 6.20 Å². The van der Waals surface area contributed by atoms with E-state index in [1.165, 1.54) is 37.1 Å². The topological polar surface area (TPSA) is 25.4 Å². The van der Waals surface area contributed by atoms with Crippen molar-refractivity contribution < 1.29 is 4.74 Å². The van der Waals surface area contributed by atoms with Crippen LogP contribution in [0.2, 0.25) is 0 Å². The molecule has 1 saturated heterocycles. The Kier molecular flexibility index (Phi) is 2.89. The summed E-state index contributed by atoms with van der Waals surface area (Å²) in [6.07, 6.45) is 5.75. The molecule has 0 amide bonds. The first-order valence-electron chi connectivity index (χ1n) is 6.18. The van der Waals surface area contributed by atoms with Crippen LogP contribution in [0, 0.1) is 0 Å². The smallest absolute Gasteiger partial charge is 0.0890 e. The quantitative estimate of drug-likeness (QED) is 0.756. The van der Waals surface area contributed by atoms with Crippen molar-refractivity contribution in [1.82, 2.24) is 9.88 Å². The molecule has 3 heterocycles. The van der Waals surface area contributed by atoms with Crippen molar-refractivity contribution in [2.45, 2.75) is 32.4 Å². The second-order valence-corrected chi connectivity index (χ2v) is 4.74. The zero-order valence-electron chi connectivity index (χ0n) is 9.61. The van der Waals surface area contributed by atoms with Crippen molar-refractivity contribution in [2.75, 3.05) is 19.7 Å². The molecule has 0 bridgehead atoms. The molecule has 0 N–H and O–H groups in total. The lowest BCUT2D eigenvalue weighted by molar-refractivity contribution is 0.107. The van der Waals surface area contributed by atoms with Crippen molar-refractivity contribution in [1.29, 1.82) is 0 Å². The SMILES string of the molecule is c1nc2c(cc1CN1CCCC1)CCOC2. The predicted octanol–water partition coefficient (Wildman–Crippen LogP) is 1.75. The molecule has 1 fully saturated rings. The fourth-order valence-corrected chi connectivity index (χ4v) is 2.57. The van der Waals surface area contributed by atoms with Gasteiger partial charge in [0.1, 0.15) is 0 Å². The van der Waals surface area contributed by atoms with Crippen LogP contribution >= 0.6 is 0 Å². The van der Waals surface area contributed by atoms with Gasteiger partial charge in [-0.05, 0) is 43.5 Å². The maximum absolute atomic E-state index is 5.40. The first-order chi connectivity index (χ1) is 7.92. The standard InChI is InChI=1S/C13H18N2O/c1-2-5-15(4-1)9-11-7-12-3-6-16-10-13(12)14-8-11/h7-8H,1-6,9-10H2. The van der Waals surface area contributed by atoms with Gasteiger partial charge in [-0.3, -0.25) is 9.88 Å². The molecular formula is C13H18N2O. The highest BCUT2D eigenvalue weighted by molar-refractivity contribution is 5.26. The molecule has 1 aromatic heterocycles. The molecule has 86 valence electrons. The molecule has 0 unspecified atom stereocenters. The Labute approximate surface area is 96.4 Å². The Morgan fingerprint density at radius 2 is 2.19 bits per heavy atom. The van der Waals surface area contributed by atoms with Gasteiger partial charge in [0.25, 0.3) is 0 Å². The van der Waals surface area contributed by atoms with Crippen molar-refractivity contribution in [3.63, 3.8) is 0 Å². The predicted molar refractivity (Wildman–Crippen MR) is 62.1 cm³/mol. The van der Waals surface area contributed by atoms with Crippen LogP contribution in [-0.4, -0.2) is 29.6 Å². The number of ether oxygens (including phenoxy) is 1. The van der Waals surface area contributed by atoms with Gasteiger partial charge in [-0.2, -0.15) is 0 Å². The van der Waals surface area contributed by atoms with Crippen LogP contribution in [0.1, 0.15) is 29.7 Å². The van der Waals surface area contributed by atoms with E-state index >= 15 is 0 Å². The van der Waals surface area contributed by atoms with Gasteiger partial charge in [-0.15, -0.1) is 0 Å². The third kappa shape index (κ3) is 2.11. The molecule has 0 radical (unpaired) electrons. The fourth-order valence-electron chi connectivity index (χ4n) is 2.57. The van der Waals surface area contributed by atoms with E-state index in [1.54, 1.807) is 0 Å². The molecular weight excluding hydrogens is 200 g/mol. The third-order valence-electron chi connectivity index (χ3n) is 3.48. The molecule has 0 spiro atoms. The maximum Gasteiger partial charge on any atom is 0.0890 e. The Morgan fingerprint density at radius 3 is 3.06 bits per heavy atom. The van der Waals surface area contributed by atoms with E-state index in [0.29, 0.717) is 6.61 Å². The molecule has 3 nitrogen and oxygen atoms in total. The van der Waals surface area contributed by atoms with Crippen molar-refractivity contribution in [3.8, 4) is 0 Å². The highest BCUT2D eigenvalue weighted by Crippen LogP contribution is 2.18. The van der Waals surface area contributed by atoms with Crippen molar-refractivity contribution in [3.05, 3.63) is 29.1 Å². The van der Waals surface area contributed by atoms with Crippen LogP contribution in [0.25, 0.3) is 0 Å². The van der Waals surface area contributed by atoms with Gasteiger partial charge in [0.05, 0.1) is 18.9 Å². The summed E-state index contributed by atoms with van der Waals surface area (Å²) in [5.41, 5.74) is 3.89. The number of hydrogen-bond donors (Lipinski definition) is 0. The van der Waals surface area contributed by atoms with E-state index in [2.05, 4.69) is 16.0 Å². The van der Waals surface area contributed by atoms with Gasteiger partial charge >= 0.3 is 0 Å². The fraction of sp³-hybridized carbons (Fsp3) is 0.615. The molecule has 0 atom stereocenters. The number of fused-ring (bicyclic) bond motifs is 1. The van der Waals surface area contributed by atoms with Crippen LogP contribution in [0.4, 0.5) is 0 Å². The summed E-state index contributed by atoms with van der Waals surface area (Å²) >= 11 is 0. The van der Waals surface area contributed by atoms with Gasteiger partial charge in [-0.1, -0.05) is 6.07 Å². The minimum absolute atomic E-state index is 0.694. The normalized spacial score (nSPS) is 21.0. The molecule has 3 heteroatoms. The van der Waals surface area contributed by atoms with Crippen molar-refractivity contribution >= 4 is 0 Å². The van der Waals surface area contributed by atoms with Crippen LogP contribution < -0.4 is 0 Å². The minimum Gasteiger partial charge on any atom is -0.375 e. The molecule has 2 aliphatic heterocycles. The number of nitrogens with zero attached hydrogens (tertiary/aromatic N) is 2. The summed E-state index contributed by atoms with van der Waals surface area (Å²) in [4.78, 5) is 7.03. The van der Waals surface area contributed by atoms with Crippen molar-refractivity contribution in [2.24, 2.45) is 0 Å². The summed E-state index contributed by atoms with van der Waals surface area (Å²) in [5.74, 6) is 0. The van der Waals surface area contributed by atoms with E-state index < -0.39 is 0 Å². The van der Waals surface area contributed by atoms with Gasteiger partial charge in [-0.25, -0.2) is 0 Å². The molecule has 0 saturated carbocycles. The molecule has 2 aliphatic rings. The van der Waals surface area contributed by atoms with Gasteiger partial charge in [0.15, 0.2) is 0 Å². The summed E-state index contributed by atoms with van der Waals surface area (Å²) in [5, 5.41) is 0. The second-order valence-electron chi connectivity index (χ2n) is 4.74. The Hall–Kier alpha value is -0.930. The second kappa shape index (κ2) is 4.52. The maximum atomic E-state index is 5.40. The minimum atomic E-state index is 0.694. The number of pyridine rings is 1. The lowest BCUT2D eigenvalue weighted by atomic mass is 10.1. The first-order valence-corrected chi connectivity index (χ1v) is 6.18. The number of hydrogen-bond acceptors (Lipinski definition) is 3. The Morgan fingerprint density at radius 1 is 1.31 bits per heavy atom. The highest BCUT2D eigenvalue weighted by atomic mass is 16.5. The van der Waals surface area contributed by atoms with Gasteiger partial charge in [0.2, 0.25) is 0 Å².